The summed E-state index contributed by atoms with van der Waals surface area (Å²) in [5.74, 6) is -0.421. The van der Waals surface area contributed by atoms with E-state index in [1.807, 2.05) is 13.8 Å². The molecule has 1 aromatic carbocycles. The molecule has 1 aliphatic rings. The van der Waals surface area contributed by atoms with Crippen LogP contribution in [0.4, 0.5) is 5.00 Å². The normalized spacial score (nSPS) is 13.0. The minimum absolute atomic E-state index is 0.0802. The van der Waals surface area contributed by atoms with Gasteiger partial charge in [-0.05, 0) is 75.5 Å². The van der Waals surface area contributed by atoms with E-state index in [1.165, 1.54) is 11.3 Å². The maximum Gasteiger partial charge on any atom is 0.261 e. The quantitative estimate of drug-likeness (QED) is 0.534. The molecular weight excluding hydrogens is 474 g/mol. The van der Waals surface area contributed by atoms with E-state index in [1.54, 1.807) is 18.2 Å². The molecule has 1 heterocycles. The van der Waals surface area contributed by atoms with Gasteiger partial charge < -0.3 is 15.8 Å². The summed E-state index contributed by atoms with van der Waals surface area (Å²) in [6.45, 7) is 3.78. The third-order valence-corrected chi connectivity index (χ3v) is 6.33. The monoisotopic (exact) mass is 495 g/mol. The molecule has 0 bridgehead atoms. The fourth-order valence-electron chi connectivity index (χ4n) is 3.26. The van der Waals surface area contributed by atoms with Crippen molar-refractivity contribution in [3.8, 4) is 5.75 Å². The third kappa shape index (κ3) is 5.15. The van der Waals surface area contributed by atoms with Crippen molar-refractivity contribution in [2.45, 2.75) is 45.6 Å². The highest BCUT2D eigenvalue weighted by Crippen LogP contribution is 2.37. The molecule has 1 aliphatic carbocycles. The number of primary amides is 1. The Morgan fingerprint density at radius 2 is 2.00 bits per heavy atom. The molecule has 3 rings (SSSR count). The van der Waals surface area contributed by atoms with Crippen LogP contribution in [0.3, 0.4) is 0 Å². The second kappa shape index (κ2) is 9.23. The molecule has 0 fully saturated rings. The molecule has 0 spiro atoms. The van der Waals surface area contributed by atoms with Crippen molar-refractivity contribution in [2.75, 3.05) is 5.32 Å². The summed E-state index contributed by atoms with van der Waals surface area (Å²) in [5.41, 5.74) is 7.45. The van der Waals surface area contributed by atoms with E-state index in [0.717, 1.165) is 40.6 Å². The van der Waals surface area contributed by atoms with Crippen LogP contribution in [0.2, 0.25) is 0 Å². The van der Waals surface area contributed by atoms with Crippen molar-refractivity contribution >= 4 is 61.4 Å². The minimum Gasteiger partial charge on any atom is -0.490 e. The summed E-state index contributed by atoms with van der Waals surface area (Å²) < 4.78 is 6.47. The number of nitrogens with one attached hydrogen (secondary N) is 2. The van der Waals surface area contributed by atoms with Crippen molar-refractivity contribution in [1.82, 2.24) is 5.32 Å². The van der Waals surface area contributed by atoms with Crippen LogP contribution in [-0.4, -0.2) is 23.0 Å². The maximum absolute atomic E-state index is 12.8. The highest BCUT2D eigenvalue weighted by Gasteiger charge is 2.25. The lowest BCUT2D eigenvalue weighted by molar-refractivity contribution is 0.0970. The number of rotatable bonds is 5. The smallest absolute Gasteiger partial charge is 0.261 e. The van der Waals surface area contributed by atoms with Crippen molar-refractivity contribution < 1.29 is 14.3 Å². The Morgan fingerprint density at radius 3 is 2.69 bits per heavy atom. The van der Waals surface area contributed by atoms with Gasteiger partial charge in [0.1, 0.15) is 10.8 Å². The van der Waals surface area contributed by atoms with Gasteiger partial charge in [0.05, 0.1) is 17.2 Å². The second-order valence-electron chi connectivity index (χ2n) is 6.99. The van der Waals surface area contributed by atoms with Crippen LogP contribution < -0.4 is 21.1 Å². The lowest BCUT2D eigenvalue weighted by Gasteiger charge is -2.15. The SMILES string of the molecule is CC(C)Oc1ccc(Br)cc1C(=O)NC(=S)Nc1sc2c(c1C(N)=O)CCCC2. The zero-order chi connectivity index (χ0) is 21.1. The molecule has 4 N–H and O–H groups in total. The number of thiophene rings is 1. The molecule has 29 heavy (non-hydrogen) atoms. The summed E-state index contributed by atoms with van der Waals surface area (Å²) in [6.07, 6.45) is 3.80. The summed E-state index contributed by atoms with van der Waals surface area (Å²) in [6, 6.07) is 5.21. The van der Waals surface area contributed by atoms with Crippen LogP contribution in [0, 0.1) is 0 Å². The zero-order valence-corrected chi connectivity index (χ0v) is 19.4. The Kier molecular flexibility index (Phi) is 6.92. The van der Waals surface area contributed by atoms with Gasteiger partial charge in [0.2, 0.25) is 0 Å². The average molecular weight is 496 g/mol. The van der Waals surface area contributed by atoms with Crippen LogP contribution in [0.1, 0.15) is 57.8 Å². The van der Waals surface area contributed by atoms with Gasteiger partial charge in [0.25, 0.3) is 11.8 Å². The molecule has 0 unspecified atom stereocenters. The van der Waals surface area contributed by atoms with Gasteiger partial charge in [-0.3, -0.25) is 14.9 Å². The number of hydrogen-bond acceptors (Lipinski definition) is 5. The average Bonchev–Trinajstić information content (AvgIpc) is 3.00. The third-order valence-electron chi connectivity index (χ3n) is 4.42. The Balaban J connectivity index is 1.78. The first-order chi connectivity index (χ1) is 13.8. The Hall–Kier alpha value is -1.97. The van der Waals surface area contributed by atoms with Crippen molar-refractivity contribution in [3.05, 3.63) is 44.2 Å². The molecule has 9 heteroatoms. The van der Waals surface area contributed by atoms with Crippen LogP contribution in [0.25, 0.3) is 0 Å². The molecule has 2 amide bonds. The first-order valence-corrected chi connectivity index (χ1v) is 11.3. The predicted octanol–water partition coefficient (Wildman–Crippen LogP) is 4.40. The number of carbonyl (C=O) groups excluding carboxylic acids is 2. The van der Waals surface area contributed by atoms with Gasteiger partial charge in [0, 0.05) is 9.35 Å². The topological polar surface area (TPSA) is 93.4 Å². The van der Waals surface area contributed by atoms with E-state index in [2.05, 4.69) is 26.6 Å². The number of benzene rings is 1. The fraction of sp³-hybridized carbons (Fsp3) is 0.350. The molecule has 0 saturated heterocycles. The van der Waals surface area contributed by atoms with Crippen molar-refractivity contribution in [1.29, 1.82) is 0 Å². The highest BCUT2D eigenvalue weighted by molar-refractivity contribution is 9.10. The highest BCUT2D eigenvalue weighted by atomic mass is 79.9. The van der Waals surface area contributed by atoms with Gasteiger partial charge in [-0.15, -0.1) is 11.3 Å². The molecule has 0 atom stereocenters. The number of halogens is 1. The molecule has 2 aromatic rings. The van der Waals surface area contributed by atoms with Gasteiger partial charge in [-0.2, -0.15) is 0 Å². The lowest BCUT2D eigenvalue weighted by Crippen LogP contribution is -2.34. The molecule has 1 aromatic heterocycles. The molecular formula is C20H22BrN3O3S2. The van der Waals surface area contributed by atoms with Gasteiger partial charge >= 0.3 is 0 Å². The number of hydrogen-bond donors (Lipinski definition) is 3. The Morgan fingerprint density at radius 1 is 1.28 bits per heavy atom. The molecule has 154 valence electrons. The van der Waals surface area contributed by atoms with E-state index in [0.29, 0.717) is 21.9 Å². The number of anilines is 1. The van der Waals surface area contributed by atoms with Gasteiger partial charge in [-0.1, -0.05) is 15.9 Å². The van der Waals surface area contributed by atoms with E-state index < -0.39 is 11.8 Å². The minimum atomic E-state index is -0.486. The first-order valence-electron chi connectivity index (χ1n) is 9.29. The largest absolute Gasteiger partial charge is 0.490 e. The van der Waals surface area contributed by atoms with Crippen LogP contribution in [-0.2, 0) is 12.8 Å². The van der Waals surface area contributed by atoms with Crippen molar-refractivity contribution in [3.63, 3.8) is 0 Å². The molecule has 0 radical (unpaired) electrons. The molecule has 0 saturated carbocycles. The first kappa shape index (κ1) is 21.7. The number of aryl methyl sites for hydroxylation is 1. The van der Waals surface area contributed by atoms with Crippen molar-refractivity contribution in [2.24, 2.45) is 5.73 Å². The molecule has 0 aliphatic heterocycles. The van der Waals surface area contributed by atoms with E-state index in [4.69, 9.17) is 22.7 Å². The second-order valence-corrected chi connectivity index (χ2v) is 9.42. The van der Waals surface area contributed by atoms with Crippen LogP contribution >= 0.6 is 39.5 Å². The maximum atomic E-state index is 12.8. The number of carbonyl (C=O) groups is 2. The number of amides is 2. The molecule has 6 nitrogen and oxygen atoms in total. The van der Waals surface area contributed by atoms with E-state index in [9.17, 15) is 9.59 Å². The summed E-state index contributed by atoms with van der Waals surface area (Å²) in [5, 5.41) is 6.35. The fourth-order valence-corrected chi connectivity index (χ4v) is 5.18. The number of ether oxygens (including phenoxy) is 1. The number of nitrogens with two attached hydrogens (primary N) is 1. The van der Waals surface area contributed by atoms with Gasteiger partial charge in [-0.25, -0.2) is 0 Å². The van der Waals surface area contributed by atoms with E-state index >= 15 is 0 Å². The Bertz CT molecular complexity index is 972. The predicted molar refractivity (Wildman–Crippen MR) is 123 cm³/mol. The van der Waals surface area contributed by atoms with Gasteiger partial charge in [0.15, 0.2) is 5.11 Å². The summed E-state index contributed by atoms with van der Waals surface area (Å²) >= 11 is 10.2. The number of thiocarbonyl (C=S) groups is 1. The number of fused-ring (bicyclic) bond motifs is 1. The standard InChI is InChI=1S/C20H22BrN3O3S2/c1-10(2)27-14-8-7-11(21)9-13(14)18(26)23-20(28)24-19-16(17(22)25)12-5-3-4-6-15(12)29-19/h7-10H,3-6H2,1-2H3,(H2,22,25)(H2,23,24,26,28). The zero-order valence-electron chi connectivity index (χ0n) is 16.1. The van der Waals surface area contributed by atoms with Crippen LogP contribution in [0.5, 0.6) is 5.75 Å². The van der Waals surface area contributed by atoms with E-state index in [-0.39, 0.29) is 11.2 Å². The lowest BCUT2D eigenvalue weighted by atomic mass is 9.95. The summed E-state index contributed by atoms with van der Waals surface area (Å²) in [4.78, 5) is 25.9. The summed E-state index contributed by atoms with van der Waals surface area (Å²) in [7, 11) is 0. The Labute approximate surface area is 187 Å². The van der Waals surface area contributed by atoms with Crippen LogP contribution in [0.15, 0.2) is 22.7 Å².